The van der Waals surface area contributed by atoms with Crippen molar-refractivity contribution in [2.75, 3.05) is 50.7 Å². The van der Waals surface area contributed by atoms with Gasteiger partial charge in [0.25, 0.3) is 5.91 Å². The molecule has 0 spiro atoms. The SMILES string of the molecule is O=C1[C@H]2CCCN2C(=O)N1CCN1CCN(c2cccc(C(F)(F)F)c2)CC1. The Labute approximate surface area is 161 Å². The van der Waals surface area contributed by atoms with E-state index < -0.39 is 11.7 Å². The molecule has 3 heterocycles. The van der Waals surface area contributed by atoms with Crippen LogP contribution in [-0.2, 0) is 11.0 Å². The number of hydrogen-bond acceptors (Lipinski definition) is 4. The van der Waals surface area contributed by atoms with E-state index in [-0.39, 0.29) is 18.0 Å². The molecule has 3 fully saturated rings. The van der Waals surface area contributed by atoms with Gasteiger partial charge < -0.3 is 9.80 Å². The van der Waals surface area contributed by atoms with Crippen LogP contribution in [0.5, 0.6) is 0 Å². The van der Waals surface area contributed by atoms with Gasteiger partial charge in [-0.05, 0) is 31.0 Å². The number of halogens is 3. The minimum absolute atomic E-state index is 0.0925. The normalized spacial score (nSPS) is 23.7. The van der Waals surface area contributed by atoms with Crippen LogP contribution in [0.1, 0.15) is 18.4 Å². The molecule has 1 aromatic carbocycles. The quantitative estimate of drug-likeness (QED) is 0.733. The van der Waals surface area contributed by atoms with E-state index in [0.717, 1.165) is 18.9 Å². The molecule has 1 atom stereocenters. The van der Waals surface area contributed by atoms with Crippen molar-refractivity contribution in [3.8, 4) is 0 Å². The number of imide groups is 1. The molecule has 3 aliphatic heterocycles. The number of fused-ring (bicyclic) bond motifs is 1. The van der Waals surface area contributed by atoms with Crippen LogP contribution in [0.4, 0.5) is 23.7 Å². The summed E-state index contributed by atoms with van der Waals surface area (Å²) in [6, 6.07) is 4.93. The van der Waals surface area contributed by atoms with Gasteiger partial charge in [0.15, 0.2) is 0 Å². The summed E-state index contributed by atoms with van der Waals surface area (Å²) in [4.78, 5) is 31.8. The van der Waals surface area contributed by atoms with Crippen molar-refractivity contribution < 1.29 is 22.8 Å². The number of carbonyl (C=O) groups excluding carboxylic acids is 2. The zero-order chi connectivity index (χ0) is 19.9. The van der Waals surface area contributed by atoms with Gasteiger partial charge in [0, 0.05) is 51.5 Å². The maximum absolute atomic E-state index is 12.9. The maximum atomic E-state index is 12.9. The first kappa shape index (κ1) is 19.0. The van der Waals surface area contributed by atoms with Crippen LogP contribution in [0.3, 0.4) is 0 Å². The number of amides is 3. The molecule has 0 saturated carbocycles. The maximum Gasteiger partial charge on any atom is 0.416 e. The predicted molar refractivity (Wildman–Crippen MR) is 96.9 cm³/mol. The fourth-order valence-electron chi connectivity index (χ4n) is 4.24. The second-order valence-corrected chi connectivity index (χ2v) is 7.50. The Balaban J connectivity index is 1.29. The van der Waals surface area contributed by atoms with E-state index in [1.165, 1.54) is 17.0 Å². The summed E-state index contributed by atoms with van der Waals surface area (Å²) in [6.07, 6.45) is -2.72. The van der Waals surface area contributed by atoms with Crippen LogP contribution in [0.2, 0.25) is 0 Å². The number of carbonyl (C=O) groups is 2. The molecular formula is C19H23F3N4O2. The van der Waals surface area contributed by atoms with E-state index in [1.54, 1.807) is 11.0 Å². The Morgan fingerprint density at radius 1 is 1.00 bits per heavy atom. The van der Waals surface area contributed by atoms with Gasteiger partial charge >= 0.3 is 12.2 Å². The van der Waals surface area contributed by atoms with Crippen molar-refractivity contribution >= 4 is 17.6 Å². The summed E-state index contributed by atoms with van der Waals surface area (Å²) in [7, 11) is 0. The molecule has 3 saturated heterocycles. The fourth-order valence-corrected chi connectivity index (χ4v) is 4.24. The van der Waals surface area contributed by atoms with Crippen molar-refractivity contribution in [3.63, 3.8) is 0 Å². The zero-order valence-electron chi connectivity index (χ0n) is 15.5. The van der Waals surface area contributed by atoms with Gasteiger partial charge in [-0.3, -0.25) is 14.6 Å². The van der Waals surface area contributed by atoms with Crippen molar-refractivity contribution in [1.82, 2.24) is 14.7 Å². The molecule has 28 heavy (non-hydrogen) atoms. The third kappa shape index (κ3) is 3.55. The highest BCUT2D eigenvalue weighted by Crippen LogP contribution is 2.32. The van der Waals surface area contributed by atoms with E-state index in [4.69, 9.17) is 0 Å². The van der Waals surface area contributed by atoms with Gasteiger partial charge in [-0.25, -0.2) is 4.79 Å². The topological polar surface area (TPSA) is 47.1 Å². The van der Waals surface area contributed by atoms with Crippen molar-refractivity contribution in [3.05, 3.63) is 29.8 Å². The highest BCUT2D eigenvalue weighted by atomic mass is 19.4. The molecule has 9 heteroatoms. The average molecular weight is 396 g/mol. The Hall–Kier alpha value is -2.29. The number of urea groups is 1. The summed E-state index contributed by atoms with van der Waals surface area (Å²) in [5.74, 6) is -0.0925. The van der Waals surface area contributed by atoms with Gasteiger partial charge in [0.1, 0.15) is 6.04 Å². The monoisotopic (exact) mass is 396 g/mol. The molecular weight excluding hydrogens is 373 g/mol. The van der Waals surface area contributed by atoms with Crippen molar-refractivity contribution in [1.29, 1.82) is 0 Å². The van der Waals surface area contributed by atoms with Crippen LogP contribution in [-0.4, -0.2) is 78.5 Å². The van der Waals surface area contributed by atoms with Crippen LogP contribution >= 0.6 is 0 Å². The first-order chi connectivity index (χ1) is 13.3. The van der Waals surface area contributed by atoms with Gasteiger partial charge in [-0.2, -0.15) is 13.2 Å². The molecule has 0 aromatic heterocycles. The zero-order valence-corrected chi connectivity index (χ0v) is 15.5. The van der Waals surface area contributed by atoms with Crippen LogP contribution < -0.4 is 4.90 Å². The lowest BCUT2D eigenvalue weighted by molar-refractivity contribution is -0.137. The largest absolute Gasteiger partial charge is 0.416 e. The Morgan fingerprint density at radius 2 is 1.75 bits per heavy atom. The first-order valence-corrected chi connectivity index (χ1v) is 9.61. The first-order valence-electron chi connectivity index (χ1n) is 9.61. The molecule has 0 aliphatic carbocycles. The smallest absolute Gasteiger partial charge is 0.369 e. The highest BCUT2D eigenvalue weighted by molar-refractivity contribution is 6.04. The molecule has 0 unspecified atom stereocenters. The second-order valence-electron chi connectivity index (χ2n) is 7.50. The van der Waals surface area contributed by atoms with E-state index in [9.17, 15) is 22.8 Å². The molecule has 0 N–H and O–H groups in total. The third-order valence-corrected chi connectivity index (χ3v) is 5.83. The van der Waals surface area contributed by atoms with Crippen LogP contribution in [0.25, 0.3) is 0 Å². The standard InChI is InChI=1S/C19H23F3N4O2/c20-19(21,22)14-3-1-4-15(13-14)24-10-7-23(8-11-24)9-12-26-17(27)16-5-2-6-25(16)18(26)28/h1,3-4,13,16H,2,5-12H2/t16-/m1/s1. The van der Waals surface area contributed by atoms with Crippen LogP contribution in [0, 0.1) is 0 Å². The summed E-state index contributed by atoms with van der Waals surface area (Å²) < 4.78 is 38.7. The highest BCUT2D eigenvalue weighted by Gasteiger charge is 2.47. The number of anilines is 1. The lowest BCUT2D eigenvalue weighted by atomic mass is 10.1. The molecule has 3 amide bonds. The summed E-state index contributed by atoms with van der Waals surface area (Å²) >= 11 is 0. The number of alkyl halides is 3. The number of benzene rings is 1. The molecule has 152 valence electrons. The van der Waals surface area contributed by atoms with Gasteiger partial charge in [-0.15, -0.1) is 0 Å². The van der Waals surface area contributed by atoms with E-state index in [2.05, 4.69) is 4.90 Å². The lowest BCUT2D eigenvalue weighted by Gasteiger charge is -2.36. The molecule has 3 aliphatic rings. The summed E-state index contributed by atoms with van der Waals surface area (Å²) in [5, 5.41) is 0. The summed E-state index contributed by atoms with van der Waals surface area (Å²) in [6.45, 7) is 4.19. The Morgan fingerprint density at radius 3 is 2.43 bits per heavy atom. The third-order valence-electron chi connectivity index (χ3n) is 5.83. The lowest BCUT2D eigenvalue weighted by Crippen LogP contribution is -2.49. The molecule has 1 aromatic rings. The predicted octanol–water partition coefficient (Wildman–Crippen LogP) is 2.25. The number of piperazine rings is 1. The van der Waals surface area contributed by atoms with Crippen molar-refractivity contribution in [2.24, 2.45) is 0 Å². The fraction of sp³-hybridized carbons (Fsp3) is 0.579. The van der Waals surface area contributed by atoms with Gasteiger partial charge in [0.2, 0.25) is 0 Å². The minimum Gasteiger partial charge on any atom is -0.369 e. The number of rotatable bonds is 4. The molecule has 0 bridgehead atoms. The van der Waals surface area contributed by atoms with Gasteiger partial charge in [0.05, 0.1) is 5.56 Å². The van der Waals surface area contributed by atoms with Crippen molar-refractivity contribution in [2.45, 2.75) is 25.1 Å². The second kappa shape index (κ2) is 7.27. The van der Waals surface area contributed by atoms with Gasteiger partial charge in [-0.1, -0.05) is 6.07 Å². The minimum atomic E-state index is -4.35. The van der Waals surface area contributed by atoms with E-state index >= 15 is 0 Å². The number of hydrogen-bond donors (Lipinski definition) is 0. The molecule has 0 radical (unpaired) electrons. The van der Waals surface area contributed by atoms with Crippen LogP contribution in [0.15, 0.2) is 24.3 Å². The number of nitrogens with zero attached hydrogens (tertiary/aromatic N) is 4. The Kier molecular flexibility index (Phi) is 4.95. The Bertz CT molecular complexity index is 740. The molecule has 6 nitrogen and oxygen atoms in total. The summed E-state index contributed by atoms with van der Waals surface area (Å²) in [5.41, 5.74) is -0.0703. The van der Waals surface area contributed by atoms with E-state index in [0.29, 0.717) is 51.5 Å². The average Bonchev–Trinajstić information content (AvgIpc) is 3.25. The van der Waals surface area contributed by atoms with E-state index in [1.807, 2.05) is 4.90 Å². The molecule has 4 rings (SSSR count).